The van der Waals surface area contributed by atoms with E-state index in [2.05, 4.69) is 20.8 Å². The molecule has 110 valence electrons. The van der Waals surface area contributed by atoms with Crippen LogP contribution in [0.3, 0.4) is 0 Å². The van der Waals surface area contributed by atoms with E-state index in [1.54, 1.807) is 28.9 Å². The number of para-hydroxylation sites is 1. The monoisotopic (exact) mass is 294 g/mol. The van der Waals surface area contributed by atoms with Crippen LogP contribution in [-0.4, -0.2) is 26.1 Å². The van der Waals surface area contributed by atoms with Gasteiger partial charge in [-0.2, -0.15) is 4.68 Å². The molecule has 0 aliphatic carbocycles. The van der Waals surface area contributed by atoms with Gasteiger partial charge < -0.3 is 11.1 Å². The number of nitrogens with zero attached hydrogens (tertiary/aromatic N) is 4. The average molecular weight is 294 g/mol. The van der Waals surface area contributed by atoms with Crippen molar-refractivity contribution >= 4 is 11.6 Å². The van der Waals surface area contributed by atoms with Crippen molar-refractivity contribution in [1.29, 1.82) is 0 Å². The summed E-state index contributed by atoms with van der Waals surface area (Å²) >= 11 is 0. The Morgan fingerprint density at radius 2 is 1.82 bits per heavy atom. The van der Waals surface area contributed by atoms with E-state index in [0.29, 0.717) is 17.9 Å². The first-order chi connectivity index (χ1) is 10.7. The van der Waals surface area contributed by atoms with Gasteiger partial charge in [-0.05, 0) is 46.8 Å². The number of rotatable bonds is 5. The van der Waals surface area contributed by atoms with Gasteiger partial charge in [0.05, 0.1) is 12.2 Å². The third-order valence-corrected chi connectivity index (χ3v) is 3.15. The van der Waals surface area contributed by atoms with Crippen LogP contribution < -0.4 is 11.1 Å². The predicted octanol–water partition coefficient (Wildman–Crippen LogP) is 1.37. The van der Waals surface area contributed by atoms with Gasteiger partial charge in [-0.25, -0.2) is 0 Å². The summed E-state index contributed by atoms with van der Waals surface area (Å²) in [6.07, 6.45) is 0. The maximum atomic E-state index is 11.0. The lowest BCUT2D eigenvalue weighted by atomic mass is 10.2. The van der Waals surface area contributed by atoms with Crippen molar-refractivity contribution in [2.24, 2.45) is 5.73 Å². The smallest absolute Gasteiger partial charge is 0.248 e. The van der Waals surface area contributed by atoms with Gasteiger partial charge in [0.2, 0.25) is 5.91 Å². The molecule has 0 spiro atoms. The van der Waals surface area contributed by atoms with E-state index in [-0.39, 0.29) is 0 Å². The zero-order valence-corrected chi connectivity index (χ0v) is 11.7. The second-order valence-corrected chi connectivity index (χ2v) is 4.64. The third kappa shape index (κ3) is 2.93. The van der Waals surface area contributed by atoms with Crippen molar-refractivity contribution in [3.8, 4) is 5.69 Å². The minimum atomic E-state index is -0.445. The summed E-state index contributed by atoms with van der Waals surface area (Å²) in [4.78, 5) is 11.0. The zero-order valence-electron chi connectivity index (χ0n) is 11.7. The number of amides is 1. The molecule has 0 radical (unpaired) electrons. The van der Waals surface area contributed by atoms with Gasteiger partial charge in [0.1, 0.15) is 0 Å². The van der Waals surface area contributed by atoms with Gasteiger partial charge in [-0.15, -0.1) is 5.10 Å². The second kappa shape index (κ2) is 6.04. The minimum absolute atomic E-state index is 0.445. The van der Waals surface area contributed by atoms with E-state index in [1.165, 1.54) is 0 Å². The Morgan fingerprint density at radius 1 is 1.09 bits per heavy atom. The summed E-state index contributed by atoms with van der Waals surface area (Å²) in [7, 11) is 0. The van der Waals surface area contributed by atoms with Crippen LogP contribution in [0.5, 0.6) is 0 Å². The zero-order chi connectivity index (χ0) is 15.4. The fourth-order valence-corrected chi connectivity index (χ4v) is 2.02. The van der Waals surface area contributed by atoms with Crippen molar-refractivity contribution in [2.75, 3.05) is 5.32 Å². The van der Waals surface area contributed by atoms with Crippen molar-refractivity contribution in [3.63, 3.8) is 0 Å². The highest BCUT2D eigenvalue weighted by atomic mass is 16.1. The molecular formula is C15H14N6O. The molecule has 0 saturated heterocycles. The molecule has 0 fully saturated rings. The molecular weight excluding hydrogens is 280 g/mol. The number of anilines is 1. The van der Waals surface area contributed by atoms with Crippen LogP contribution in [-0.2, 0) is 6.54 Å². The molecule has 0 aliphatic rings. The first-order valence-electron chi connectivity index (χ1n) is 6.70. The van der Waals surface area contributed by atoms with E-state index >= 15 is 0 Å². The molecule has 0 bridgehead atoms. The fourth-order valence-electron chi connectivity index (χ4n) is 2.02. The maximum Gasteiger partial charge on any atom is 0.248 e. The van der Waals surface area contributed by atoms with Crippen LogP contribution in [0, 0.1) is 0 Å². The number of carbonyl (C=O) groups excluding carboxylic acids is 1. The molecule has 3 rings (SSSR count). The van der Waals surface area contributed by atoms with Crippen molar-refractivity contribution < 1.29 is 4.79 Å². The van der Waals surface area contributed by atoms with Crippen LogP contribution in [0.1, 0.15) is 16.2 Å². The van der Waals surface area contributed by atoms with Crippen molar-refractivity contribution in [2.45, 2.75) is 6.54 Å². The molecule has 0 unspecified atom stereocenters. The third-order valence-electron chi connectivity index (χ3n) is 3.15. The summed E-state index contributed by atoms with van der Waals surface area (Å²) in [5.74, 6) is 0.241. The number of aromatic nitrogens is 4. The number of carbonyl (C=O) groups is 1. The Hall–Kier alpha value is -3.22. The van der Waals surface area contributed by atoms with Gasteiger partial charge >= 0.3 is 0 Å². The quantitative estimate of drug-likeness (QED) is 0.740. The van der Waals surface area contributed by atoms with Gasteiger partial charge in [0, 0.05) is 11.3 Å². The molecule has 7 heteroatoms. The molecule has 1 aromatic heterocycles. The van der Waals surface area contributed by atoms with Crippen LogP contribution in [0.4, 0.5) is 5.69 Å². The van der Waals surface area contributed by atoms with Crippen LogP contribution in [0.2, 0.25) is 0 Å². The highest BCUT2D eigenvalue weighted by Crippen LogP contribution is 2.12. The van der Waals surface area contributed by atoms with Crippen LogP contribution in [0.15, 0.2) is 54.6 Å². The molecule has 3 N–H and O–H groups in total. The number of nitrogens with one attached hydrogen (secondary N) is 1. The number of primary amides is 1. The highest BCUT2D eigenvalue weighted by molar-refractivity contribution is 5.93. The lowest BCUT2D eigenvalue weighted by Gasteiger charge is -2.07. The SMILES string of the molecule is NC(=O)c1ccc(NCc2nnnn2-c2ccccc2)cc1. The molecule has 3 aromatic rings. The highest BCUT2D eigenvalue weighted by Gasteiger charge is 2.07. The Morgan fingerprint density at radius 3 is 2.50 bits per heavy atom. The maximum absolute atomic E-state index is 11.0. The number of nitrogens with two attached hydrogens (primary N) is 1. The minimum Gasteiger partial charge on any atom is -0.378 e. The fraction of sp³-hybridized carbons (Fsp3) is 0.0667. The lowest BCUT2D eigenvalue weighted by molar-refractivity contribution is 0.100. The van der Waals surface area contributed by atoms with E-state index in [0.717, 1.165) is 11.4 Å². The summed E-state index contributed by atoms with van der Waals surface area (Å²) < 4.78 is 1.67. The van der Waals surface area contributed by atoms with E-state index in [4.69, 9.17) is 5.73 Å². The Balaban J connectivity index is 1.72. The first-order valence-corrected chi connectivity index (χ1v) is 6.70. The molecule has 0 aliphatic heterocycles. The van der Waals surface area contributed by atoms with Gasteiger partial charge in [0.15, 0.2) is 5.82 Å². The Bertz CT molecular complexity index is 766. The topological polar surface area (TPSA) is 98.7 Å². The van der Waals surface area contributed by atoms with Crippen molar-refractivity contribution in [1.82, 2.24) is 20.2 Å². The first kappa shape index (κ1) is 13.7. The lowest BCUT2D eigenvalue weighted by Crippen LogP contribution is -2.11. The number of tetrazole rings is 1. The number of hydrogen-bond acceptors (Lipinski definition) is 5. The predicted molar refractivity (Wildman–Crippen MR) is 81.4 cm³/mol. The molecule has 7 nitrogen and oxygen atoms in total. The van der Waals surface area contributed by atoms with Crippen LogP contribution in [0.25, 0.3) is 5.69 Å². The average Bonchev–Trinajstić information content (AvgIpc) is 3.02. The largest absolute Gasteiger partial charge is 0.378 e. The summed E-state index contributed by atoms with van der Waals surface area (Å²) in [5.41, 5.74) is 7.43. The summed E-state index contributed by atoms with van der Waals surface area (Å²) in [6, 6.07) is 16.6. The van der Waals surface area contributed by atoms with E-state index in [1.807, 2.05) is 30.3 Å². The second-order valence-electron chi connectivity index (χ2n) is 4.64. The molecule has 2 aromatic carbocycles. The van der Waals surface area contributed by atoms with Crippen molar-refractivity contribution in [3.05, 3.63) is 66.0 Å². The molecule has 1 heterocycles. The van der Waals surface area contributed by atoms with E-state index in [9.17, 15) is 4.79 Å². The van der Waals surface area contributed by atoms with E-state index < -0.39 is 5.91 Å². The normalized spacial score (nSPS) is 10.4. The van der Waals surface area contributed by atoms with Gasteiger partial charge in [-0.1, -0.05) is 18.2 Å². The standard InChI is InChI=1S/C15H14N6O/c16-15(22)11-6-8-12(9-7-11)17-10-14-18-19-20-21(14)13-4-2-1-3-5-13/h1-9,17H,10H2,(H2,16,22). The van der Waals surface area contributed by atoms with Gasteiger partial charge in [0.25, 0.3) is 0 Å². The molecule has 1 amide bonds. The number of benzene rings is 2. The van der Waals surface area contributed by atoms with Crippen LogP contribution >= 0.6 is 0 Å². The Labute approximate surface area is 126 Å². The summed E-state index contributed by atoms with van der Waals surface area (Å²) in [5, 5.41) is 14.9. The molecule has 0 atom stereocenters. The Kier molecular flexibility index (Phi) is 3.78. The van der Waals surface area contributed by atoms with Gasteiger partial charge in [-0.3, -0.25) is 4.79 Å². The molecule has 22 heavy (non-hydrogen) atoms. The summed E-state index contributed by atoms with van der Waals surface area (Å²) in [6.45, 7) is 0.456. The molecule has 0 saturated carbocycles. The number of hydrogen-bond donors (Lipinski definition) is 2.